The van der Waals surface area contributed by atoms with Crippen LogP contribution in [0, 0.1) is 11.8 Å². The van der Waals surface area contributed by atoms with Gasteiger partial charge >= 0.3 is 0 Å². The van der Waals surface area contributed by atoms with E-state index in [-0.39, 0.29) is 30.8 Å². The highest BCUT2D eigenvalue weighted by Gasteiger charge is 2.79. The minimum Gasteiger partial charge on any atom is -0.494 e. The number of fused-ring (bicyclic) bond motifs is 1. The number of hydrogen-bond donors (Lipinski definition) is 1. The minimum absolute atomic E-state index is 0.226. The third kappa shape index (κ3) is 5.67. The number of amides is 3. The lowest BCUT2D eigenvalue weighted by Crippen LogP contribution is -2.60. The average Bonchev–Trinajstić information content (AvgIpc) is 3.66. The van der Waals surface area contributed by atoms with Gasteiger partial charge in [0, 0.05) is 24.3 Å². The van der Waals surface area contributed by atoms with Gasteiger partial charge in [0.1, 0.15) is 17.4 Å². The summed E-state index contributed by atoms with van der Waals surface area (Å²) in [6.07, 6.45) is 4.81. The van der Waals surface area contributed by atoms with E-state index in [0.29, 0.717) is 42.9 Å². The monoisotopic (exact) mass is 643 g/mol. The normalized spacial score (nSPS) is 26.9. The second kappa shape index (κ2) is 13.3. The highest BCUT2D eigenvalue weighted by molar-refractivity contribution is 6.03. The molecule has 252 valence electrons. The molecule has 9 heteroatoms. The first kappa shape index (κ1) is 34.4. The molecular formula is C38H49N3O6. The number of aliphatic hydroxyl groups is 1. The highest BCUT2D eigenvalue weighted by Crippen LogP contribution is 2.65. The fraction of sp³-hybridized carbons (Fsp3) is 0.500. The van der Waals surface area contributed by atoms with Crippen LogP contribution in [0.3, 0.4) is 0 Å². The average molecular weight is 644 g/mol. The molecule has 2 aromatic rings. The summed E-state index contributed by atoms with van der Waals surface area (Å²) in [5.74, 6) is -1.96. The summed E-state index contributed by atoms with van der Waals surface area (Å²) < 4.78 is 12.7. The van der Waals surface area contributed by atoms with Crippen molar-refractivity contribution in [2.45, 2.75) is 82.7 Å². The predicted octanol–water partition coefficient (Wildman–Crippen LogP) is 5.31. The zero-order valence-corrected chi connectivity index (χ0v) is 28.4. The largest absolute Gasteiger partial charge is 0.494 e. The van der Waals surface area contributed by atoms with E-state index in [2.05, 4.69) is 13.2 Å². The summed E-state index contributed by atoms with van der Waals surface area (Å²) in [7, 11) is 0. The number of nitrogens with zero attached hydrogens (tertiary/aromatic N) is 3. The first-order valence-corrected chi connectivity index (χ1v) is 16.7. The Morgan fingerprint density at radius 2 is 1.70 bits per heavy atom. The van der Waals surface area contributed by atoms with Gasteiger partial charge in [-0.3, -0.25) is 14.4 Å². The molecule has 1 spiro atoms. The second-order valence-corrected chi connectivity index (χ2v) is 13.8. The molecule has 3 saturated heterocycles. The number of likely N-dealkylation sites (tertiary alicyclic amines) is 1. The standard InChI is InChI=1S/C38H49N3O6/c1-8-23-39(27-17-19-28(20-18-27)46-11-4)33(43)30-31-34(44)41(29(25-42)26-15-13-12-14-16-26)32(35(45)40(24-9-2)36(5,6)7)38(31)22-21-37(30,10-3)47-38/h8-9,12-20,29-32,42H,1-2,10-11,21-25H2,3-7H3/t29-,30+,31+,32?,37-,38?/m1/s1. The molecule has 0 aliphatic carbocycles. The SMILES string of the molecule is C=CCN(C(=O)[C@@H]1[C@H]2C(=O)N([C@H](CO)c3ccccc3)C(C(=O)N(CC=C)C(C)(C)C)C23CC[C@@]1(CC)O3)c1ccc(OCC)cc1. The van der Waals surface area contributed by atoms with E-state index in [0.717, 1.165) is 0 Å². The van der Waals surface area contributed by atoms with Gasteiger partial charge in [-0.2, -0.15) is 0 Å². The van der Waals surface area contributed by atoms with Crippen molar-refractivity contribution in [1.82, 2.24) is 9.80 Å². The molecule has 0 radical (unpaired) electrons. The summed E-state index contributed by atoms with van der Waals surface area (Å²) in [5.41, 5.74) is -1.43. The first-order chi connectivity index (χ1) is 22.4. The lowest BCUT2D eigenvalue weighted by molar-refractivity contribution is -0.159. The van der Waals surface area contributed by atoms with Crippen LogP contribution in [0.1, 0.15) is 65.5 Å². The summed E-state index contributed by atoms with van der Waals surface area (Å²) in [6, 6.07) is 14.7. The van der Waals surface area contributed by atoms with Crippen LogP contribution in [0.4, 0.5) is 5.69 Å². The van der Waals surface area contributed by atoms with Crippen LogP contribution >= 0.6 is 0 Å². The molecule has 3 aliphatic rings. The van der Waals surface area contributed by atoms with Crippen molar-refractivity contribution in [1.29, 1.82) is 0 Å². The van der Waals surface area contributed by atoms with E-state index < -0.39 is 47.3 Å². The van der Waals surface area contributed by atoms with Gasteiger partial charge in [0.15, 0.2) is 0 Å². The second-order valence-electron chi connectivity index (χ2n) is 13.8. The topological polar surface area (TPSA) is 99.6 Å². The van der Waals surface area contributed by atoms with Crippen LogP contribution < -0.4 is 9.64 Å². The van der Waals surface area contributed by atoms with Crippen LogP contribution in [-0.4, -0.2) is 81.7 Å². The number of hydrogen-bond acceptors (Lipinski definition) is 6. The number of benzene rings is 2. The van der Waals surface area contributed by atoms with Crippen molar-refractivity contribution in [2.75, 3.05) is 31.2 Å². The summed E-state index contributed by atoms with van der Waals surface area (Å²) in [6.45, 7) is 18.2. The van der Waals surface area contributed by atoms with E-state index in [1.165, 1.54) is 4.90 Å². The van der Waals surface area contributed by atoms with Gasteiger partial charge in [0.05, 0.1) is 36.7 Å². The van der Waals surface area contributed by atoms with Crippen LogP contribution in [0.25, 0.3) is 0 Å². The van der Waals surface area contributed by atoms with Gasteiger partial charge in [-0.15, -0.1) is 13.2 Å². The molecule has 3 fully saturated rings. The smallest absolute Gasteiger partial charge is 0.249 e. The van der Waals surface area contributed by atoms with Crippen molar-refractivity contribution in [3.8, 4) is 5.75 Å². The number of anilines is 1. The quantitative estimate of drug-likeness (QED) is 0.297. The van der Waals surface area contributed by atoms with Gasteiger partial charge in [0.2, 0.25) is 17.7 Å². The minimum atomic E-state index is -1.25. The third-order valence-electron chi connectivity index (χ3n) is 10.2. The molecule has 9 nitrogen and oxygen atoms in total. The van der Waals surface area contributed by atoms with E-state index in [1.807, 2.05) is 89.2 Å². The number of rotatable bonds is 13. The molecule has 3 heterocycles. The van der Waals surface area contributed by atoms with Crippen molar-refractivity contribution >= 4 is 23.4 Å². The Morgan fingerprint density at radius 3 is 2.26 bits per heavy atom. The number of aliphatic hydroxyl groups excluding tert-OH is 1. The molecule has 47 heavy (non-hydrogen) atoms. The van der Waals surface area contributed by atoms with Crippen molar-refractivity contribution < 1.29 is 29.0 Å². The van der Waals surface area contributed by atoms with E-state index in [4.69, 9.17) is 9.47 Å². The van der Waals surface area contributed by atoms with Crippen LogP contribution in [0.5, 0.6) is 5.75 Å². The van der Waals surface area contributed by atoms with Gasteiger partial charge in [0.25, 0.3) is 0 Å². The Hall–Kier alpha value is -3.95. The molecule has 6 atom stereocenters. The predicted molar refractivity (Wildman–Crippen MR) is 182 cm³/mol. The molecule has 2 unspecified atom stereocenters. The van der Waals surface area contributed by atoms with Crippen molar-refractivity contribution in [2.24, 2.45) is 11.8 Å². The molecule has 3 aliphatic heterocycles. The Labute approximate surface area is 278 Å². The lowest BCUT2D eigenvalue weighted by Gasteiger charge is -2.43. The van der Waals surface area contributed by atoms with Gasteiger partial charge in [-0.25, -0.2) is 0 Å². The zero-order valence-electron chi connectivity index (χ0n) is 28.4. The molecule has 0 aromatic heterocycles. The summed E-state index contributed by atoms with van der Waals surface area (Å²) in [5, 5.41) is 10.9. The Balaban J connectivity index is 1.66. The highest BCUT2D eigenvalue weighted by atomic mass is 16.5. The van der Waals surface area contributed by atoms with Crippen LogP contribution in [0.15, 0.2) is 79.9 Å². The molecule has 2 bridgehead atoms. The maximum absolute atomic E-state index is 15.0. The first-order valence-electron chi connectivity index (χ1n) is 16.7. The van der Waals surface area contributed by atoms with E-state index in [9.17, 15) is 14.7 Å². The summed E-state index contributed by atoms with van der Waals surface area (Å²) >= 11 is 0. The van der Waals surface area contributed by atoms with Crippen LogP contribution in [-0.2, 0) is 19.1 Å². The molecule has 2 aromatic carbocycles. The molecule has 3 amide bonds. The number of carbonyl (C=O) groups excluding carboxylic acids is 3. The van der Waals surface area contributed by atoms with Crippen LogP contribution in [0.2, 0.25) is 0 Å². The molecular weight excluding hydrogens is 594 g/mol. The fourth-order valence-corrected chi connectivity index (χ4v) is 8.16. The van der Waals surface area contributed by atoms with Crippen molar-refractivity contribution in [3.05, 3.63) is 85.5 Å². The Kier molecular flexibility index (Phi) is 9.71. The Bertz CT molecular complexity index is 1490. The van der Waals surface area contributed by atoms with E-state index in [1.54, 1.807) is 22.0 Å². The van der Waals surface area contributed by atoms with Gasteiger partial charge in [-0.1, -0.05) is 49.4 Å². The fourth-order valence-electron chi connectivity index (χ4n) is 8.16. The van der Waals surface area contributed by atoms with Gasteiger partial charge in [-0.05, 0) is 76.8 Å². The van der Waals surface area contributed by atoms with Crippen molar-refractivity contribution in [3.63, 3.8) is 0 Å². The molecule has 0 saturated carbocycles. The zero-order chi connectivity index (χ0) is 34.1. The molecule has 5 rings (SSSR count). The number of ether oxygens (including phenoxy) is 2. The van der Waals surface area contributed by atoms with Gasteiger partial charge < -0.3 is 29.3 Å². The maximum atomic E-state index is 15.0. The lowest BCUT2D eigenvalue weighted by atomic mass is 9.64. The Morgan fingerprint density at radius 1 is 1.04 bits per heavy atom. The summed E-state index contributed by atoms with van der Waals surface area (Å²) in [4.78, 5) is 49.8. The third-order valence-corrected chi connectivity index (χ3v) is 10.2. The number of carbonyl (C=O) groups is 3. The maximum Gasteiger partial charge on any atom is 0.249 e. The van der Waals surface area contributed by atoms with E-state index >= 15 is 4.79 Å². The molecule has 1 N–H and O–H groups in total.